The van der Waals surface area contributed by atoms with Crippen LogP contribution in [0.3, 0.4) is 0 Å². The molecular weight excluding hydrogens is 337 g/mol. The molecule has 1 atom stereocenters. The number of carbonyl (C=O) groups excluding carboxylic acids is 2. The molecule has 0 aromatic heterocycles. The van der Waals surface area contributed by atoms with Gasteiger partial charge in [0.15, 0.2) is 12.4 Å². The number of benzene rings is 2. The van der Waals surface area contributed by atoms with E-state index in [-0.39, 0.29) is 30.2 Å². The van der Waals surface area contributed by atoms with Gasteiger partial charge in [-0.05, 0) is 48.9 Å². The number of rotatable bonds is 5. The molecule has 0 bridgehead atoms. The first-order valence-electron chi connectivity index (χ1n) is 8.41. The maximum Gasteiger partial charge on any atom is 0.260 e. The van der Waals surface area contributed by atoms with Gasteiger partial charge in [0.05, 0.1) is 13.2 Å². The number of morpholine rings is 1. The van der Waals surface area contributed by atoms with Crippen molar-refractivity contribution in [3.63, 3.8) is 0 Å². The van der Waals surface area contributed by atoms with Crippen LogP contribution in [0.2, 0.25) is 0 Å². The van der Waals surface area contributed by atoms with Crippen molar-refractivity contribution in [2.75, 3.05) is 26.3 Å². The van der Waals surface area contributed by atoms with E-state index < -0.39 is 0 Å². The predicted molar refractivity (Wildman–Crippen MR) is 93.6 cm³/mol. The Bertz CT molecular complexity index is 773. The number of ketones is 1. The molecule has 6 heteroatoms. The van der Waals surface area contributed by atoms with E-state index in [2.05, 4.69) is 0 Å². The van der Waals surface area contributed by atoms with Gasteiger partial charge in [-0.25, -0.2) is 4.39 Å². The van der Waals surface area contributed by atoms with Crippen LogP contribution in [0.25, 0.3) is 0 Å². The number of carbonyl (C=O) groups is 2. The molecule has 136 valence electrons. The highest BCUT2D eigenvalue weighted by molar-refractivity contribution is 5.94. The molecule has 0 radical (unpaired) electrons. The Morgan fingerprint density at radius 2 is 1.85 bits per heavy atom. The molecule has 1 fully saturated rings. The zero-order valence-electron chi connectivity index (χ0n) is 14.5. The Morgan fingerprint density at radius 1 is 1.15 bits per heavy atom. The molecule has 26 heavy (non-hydrogen) atoms. The number of hydrogen-bond acceptors (Lipinski definition) is 4. The summed E-state index contributed by atoms with van der Waals surface area (Å²) < 4.78 is 24.3. The molecule has 5 nitrogen and oxygen atoms in total. The fourth-order valence-corrected chi connectivity index (χ4v) is 2.78. The molecule has 1 aliphatic heterocycles. The Morgan fingerprint density at radius 3 is 2.50 bits per heavy atom. The van der Waals surface area contributed by atoms with E-state index in [1.807, 2.05) is 0 Å². The van der Waals surface area contributed by atoms with Gasteiger partial charge in [0, 0.05) is 12.1 Å². The summed E-state index contributed by atoms with van der Waals surface area (Å²) in [7, 11) is 0. The van der Waals surface area contributed by atoms with Crippen LogP contribution in [-0.4, -0.2) is 42.9 Å². The second-order valence-corrected chi connectivity index (χ2v) is 6.12. The van der Waals surface area contributed by atoms with Crippen molar-refractivity contribution in [3.05, 3.63) is 65.5 Å². The molecule has 1 amide bonds. The number of hydrogen-bond donors (Lipinski definition) is 0. The average Bonchev–Trinajstić information content (AvgIpc) is 2.67. The summed E-state index contributed by atoms with van der Waals surface area (Å²) >= 11 is 0. The summed E-state index contributed by atoms with van der Waals surface area (Å²) in [5.74, 6) is 0.0669. The fraction of sp³-hybridized carbons (Fsp3) is 0.300. The number of Topliss-reactive ketones (excluding diaryl/α,β-unsaturated/α-hetero) is 1. The van der Waals surface area contributed by atoms with Crippen molar-refractivity contribution < 1.29 is 23.5 Å². The summed E-state index contributed by atoms with van der Waals surface area (Å²) in [6, 6.07) is 12.8. The number of nitrogens with zero attached hydrogens (tertiary/aromatic N) is 1. The highest BCUT2D eigenvalue weighted by Gasteiger charge is 2.25. The van der Waals surface area contributed by atoms with Gasteiger partial charge in [0.1, 0.15) is 17.7 Å². The average molecular weight is 357 g/mol. The molecule has 1 saturated heterocycles. The summed E-state index contributed by atoms with van der Waals surface area (Å²) in [5.41, 5.74) is 1.43. The van der Waals surface area contributed by atoms with Crippen LogP contribution < -0.4 is 4.74 Å². The number of ether oxygens (including phenoxy) is 2. The van der Waals surface area contributed by atoms with Gasteiger partial charge >= 0.3 is 0 Å². The van der Waals surface area contributed by atoms with Crippen LogP contribution in [0.15, 0.2) is 48.5 Å². The smallest absolute Gasteiger partial charge is 0.260 e. The number of amides is 1. The normalized spacial score (nSPS) is 17.0. The van der Waals surface area contributed by atoms with Gasteiger partial charge in [-0.2, -0.15) is 0 Å². The third-order valence-corrected chi connectivity index (χ3v) is 4.28. The van der Waals surface area contributed by atoms with E-state index in [1.165, 1.54) is 19.1 Å². The number of halogens is 1. The minimum absolute atomic E-state index is 0.0206. The van der Waals surface area contributed by atoms with Crippen molar-refractivity contribution in [1.82, 2.24) is 4.90 Å². The van der Waals surface area contributed by atoms with E-state index >= 15 is 0 Å². The fourth-order valence-electron chi connectivity index (χ4n) is 2.78. The molecule has 0 saturated carbocycles. The van der Waals surface area contributed by atoms with Gasteiger partial charge in [0.2, 0.25) is 0 Å². The van der Waals surface area contributed by atoms with Crippen molar-refractivity contribution >= 4 is 11.7 Å². The van der Waals surface area contributed by atoms with Crippen molar-refractivity contribution in [3.8, 4) is 5.75 Å². The maximum atomic E-state index is 13.0. The van der Waals surface area contributed by atoms with Gasteiger partial charge in [-0.1, -0.05) is 12.1 Å². The monoisotopic (exact) mass is 357 g/mol. The molecule has 1 aliphatic rings. The first-order chi connectivity index (χ1) is 12.5. The Kier molecular flexibility index (Phi) is 5.63. The van der Waals surface area contributed by atoms with E-state index in [1.54, 1.807) is 41.3 Å². The van der Waals surface area contributed by atoms with Crippen LogP contribution in [0.5, 0.6) is 5.75 Å². The molecule has 1 heterocycles. The second-order valence-electron chi connectivity index (χ2n) is 6.12. The van der Waals surface area contributed by atoms with E-state index in [9.17, 15) is 14.0 Å². The van der Waals surface area contributed by atoms with Crippen LogP contribution in [0.1, 0.15) is 28.9 Å². The molecule has 2 aromatic carbocycles. The SMILES string of the molecule is CC(=O)c1ccc(OCC(=O)N2CCOC(c3ccc(F)cc3)C2)cc1. The van der Waals surface area contributed by atoms with Crippen LogP contribution >= 0.6 is 0 Å². The third-order valence-electron chi connectivity index (χ3n) is 4.28. The highest BCUT2D eigenvalue weighted by atomic mass is 19.1. The molecule has 0 N–H and O–H groups in total. The van der Waals surface area contributed by atoms with Gasteiger partial charge < -0.3 is 14.4 Å². The molecule has 3 rings (SSSR count). The standard InChI is InChI=1S/C20H20FNO4/c1-14(23)15-4-8-18(9-5-15)26-13-20(24)22-10-11-25-19(12-22)16-2-6-17(21)7-3-16/h2-9,19H,10-13H2,1H3. The topological polar surface area (TPSA) is 55.8 Å². The Balaban J connectivity index is 1.55. The third kappa shape index (κ3) is 4.46. The first kappa shape index (κ1) is 18.1. The lowest BCUT2D eigenvalue weighted by Gasteiger charge is -2.33. The lowest BCUT2D eigenvalue weighted by atomic mass is 10.1. The zero-order valence-corrected chi connectivity index (χ0v) is 14.5. The van der Waals surface area contributed by atoms with Crippen molar-refractivity contribution in [2.24, 2.45) is 0 Å². The van der Waals surface area contributed by atoms with Crippen molar-refractivity contribution in [1.29, 1.82) is 0 Å². The Labute approximate surface area is 151 Å². The molecule has 0 spiro atoms. The lowest BCUT2D eigenvalue weighted by Crippen LogP contribution is -2.44. The second kappa shape index (κ2) is 8.10. The van der Waals surface area contributed by atoms with Crippen LogP contribution in [-0.2, 0) is 9.53 Å². The summed E-state index contributed by atoms with van der Waals surface area (Å²) in [6.07, 6.45) is -0.275. The molecule has 1 unspecified atom stereocenters. The molecule has 0 aliphatic carbocycles. The van der Waals surface area contributed by atoms with Gasteiger partial charge in [-0.15, -0.1) is 0 Å². The van der Waals surface area contributed by atoms with Crippen molar-refractivity contribution in [2.45, 2.75) is 13.0 Å². The van der Waals surface area contributed by atoms with Gasteiger partial charge in [0.25, 0.3) is 5.91 Å². The lowest BCUT2D eigenvalue weighted by molar-refractivity contribution is -0.141. The molecule has 2 aromatic rings. The maximum absolute atomic E-state index is 13.0. The quantitative estimate of drug-likeness (QED) is 0.772. The van der Waals surface area contributed by atoms with E-state index in [0.29, 0.717) is 31.0 Å². The van der Waals surface area contributed by atoms with E-state index in [4.69, 9.17) is 9.47 Å². The van der Waals surface area contributed by atoms with Gasteiger partial charge in [-0.3, -0.25) is 9.59 Å². The minimum atomic E-state index is -0.304. The van der Waals surface area contributed by atoms with E-state index in [0.717, 1.165) is 5.56 Å². The minimum Gasteiger partial charge on any atom is -0.484 e. The summed E-state index contributed by atoms with van der Waals surface area (Å²) in [6.45, 7) is 2.71. The predicted octanol–water partition coefficient (Wildman–Crippen LogP) is 3.01. The zero-order chi connectivity index (χ0) is 18.5. The Hall–Kier alpha value is -2.73. The highest BCUT2D eigenvalue weighted by Crippen LogP contribution is 2.22. The van der Waals surface area contributed by atoms with Crippen LogP contribution in [0.4, 0.5) is 4.39 Å². The van der Waals surface area contributed by atoms with Crippen LogP contribution in [0, 0.1) is 5.82 Å². The summed E-state index contributed by atoms with van der Waals surface area (Å²) in [4.78, 5) is 25.4. The molecular formula is C20H20FNO4. The largest absolute Gasteiger partial charge is 0.484 e. The first-order valence-corrected chi connectivity index (χ1v) is 8.41. The summed E-state index contributed by atoms with van der Waals surface area (Å²) in [5, 5.41) is 0.